The van der Waals surface area contributed by atoms with Gasteiger partial charge in [0.1, 0.15) is 0 Å². The first-order chi connectivity index (χ1) is 7.83. The zero-order valence-corrected chi connectivity index (χ0v) is 9.00. The molecule has 0 radical (unpaired) electrons. The van der Waals surface area contributed by atoms with Crippen LogP contribution in [-0.2, 0) is 0 Å². The lowest BCUT2D eigenvalue weighted by molar-refractivity contribution is 0.160. The van der Waals surface area contributed by atoms with Crippen LogP contribution >= 0.6 is 0 Å². The van der Waals surface area contributed by atoms with Crippen LogP contribution in [0.4, 0.5) is 0 Å². The van der Waals surface area contributed by atoms with Crippen LogP contribution in [0.1, 0.15) is 30.9 Å². The van der Waals surface area contributed by atoms with Crippen LogP contribution in [0.5, 0.6) is 0 Å². The first kappa shape index (κ1) is 9.73. The molecular weight excluding hydrogens is 200 g/mol. The molecule has 2 aromatic rings. The molecule has 0 bridgehead atoms. The third-order valence-electron chi connectivity index (χ3n) is 3.13. The maximum absolute atomic E-state index is 10.0. The minimum atomic E-state index is -0.348. The fourth-order valence-electron chi connectivity index (χ4n) is 1.99. The van der Waals surface area contributed by atoms with Gasteiger partial charge in [-0.3, -0.25) is 9.97 Å². The van der Waals surface area contributed by atoms with Gasteiger partial charge in [-0.2, -0.15) is 0 Å². The molecule has 16 heavy (non-hydrogen) atoms. The second-order valence-corrected chi connectivity index (χ2v) is 4.50. The molecule has 3 rings (SSSR count). The van der Waals surface area contributed by atoms with Crippen LogP contribution in [0.15, 0.2) is 30.6 Å². The van der Waals surface area contributed by atoms with Crippen molar-refractivity contribution in [2.75, 3.05) is 0 Å². The zero-order valence-electron chi connectivity index (χ0n) is 9.00. The van der Waals surface area contributed by atoms with Crippen LogP contribution in [0.25, 0.3) is 11.0 Å². The monoisotopic (exact) mass is 214 g/mol. The molecule has 0 aliphatic heterocycles. The average Bonchev–Trinajstić information content (AvgIpc) is 3.12. The SMILES string of the molecule is OC(CC1CC1)c1ccc2nccnc2c1. The summed E-state index contributed by atoms with van der Waals surface area (Å²) in [6.07, 6.45) is 6.43. The van der Waals surface area contributed by atoms with E-state index in [4.69, 9.17) is 0 Å². The fraction of sp³-hybridized carbons (Fsp3) is 0.385. The Morgan fingerprint density at radius 1 is 1.19 bits per heavy atom. The first-order valence-electron chi connectivity index (χ1n) is 5.71. The summed E-state index contributed by atoms with van der Waals surface area (Å²) in [5.41, 5.74) is 2.69. The lowest BCUT2D eigenvalue weighted by Gasteiger charge is -2.10. The normalized spacial score (nSPS) is 17.6. The molecule has 1 heterocycles. The summed E-state index contributed by atoms with van der Waals surface area (Å²) in [6, 6.07) is 5.81. The van der Waals surface area contributed by atoms with Crippen LogP contribution in [0.2, 0.25) is 0 Å². The highest BCUT2D eigenvalue weighted by atomic mass is 16.3. The average molecular weight is 214 g/mol. The summed E-state index contributed by atoms with van der Waals surface area (Å²) < 4.78 is 0. The molecule has 3 nitrogen and oxygen atoms in total. The quantitative estimate of drug-likeness (QED) is 0.853. The van der Waals surface area contributed by atoms with Crippen molar-refractivity contribution < 1.29 is 5.11 Å². The fourth-order valence-corrected chi connectivity index (χ4v) is 1.99. The highest BCUT2D eigenvalue weighted by Crippen LogP contribution is 2.37. The van der Waals surface area contributed by atoms with E-state index in [9.17, 15) is 5.11 Å². The smallest absolute Gasteiger partial charge is 0.0890 e. The Bertz CT molecular complexity index is 508. The van der Waals surface area contributed by atoms with E-state index in [0.29, 0.717) is 0 Å². The Kier molecular flexibility index (Phi) is 2.33. The van der Waals surface area contributed by atoms with Crippen LogP contribution in [-0.4, -0.2) is 15.1 Å². The van der Waals surface area contributed by atoms with Gasteiger partial charge >= 0.3 is 0 Å². The summed E-state index contributed by atoms with van der Waals surface area (Å²) >= 11 is 0. The Hall–Kier alpha value is -1.48. The van der Waals surface area contributed by atoms with Crippen molar-refractivity contribution in [2.45, 2.75) is 25.4 Å². The van der Waals surface area contributed by atoms with Crippen molar-refractivity contribution >= 4 is 11.0 Å². The third-order valence-corrected chi connectivity index (χ3v) is 3.13. The molecule has 1 unspecified atom stereocenters. The predicted molar refractivity (Wildman–Crippen MR) is 61.8 cm³/mol. The lowest BCUT2D eigenvalue weighted by atomic mass is 10.0. The van der Waals surface area contributed by atoms with Gasteiger partial charge in [-0.15, -0.1) is 0 Å². The minimum Gasteiger partial charge on any atom is -0.388 e. The van der Waals surface area contributed by atoms with E-state index >= 15 is 0 Å². The Labute approximate surface area is 94.2 Å². The molecule has 1 saturated carbocycles. The topological polar surface area (TPSA) is 46.0 Å². The predicted octanol–water partition coefficient (Wildman–Crippen LogP) is 2.46. The van der Waals surface area contributed by atoms with Gasteiger partial charge in [-0.25, -0.2) is 0 Å². The highest BCUT2D eigenvalue weighted by Gasteiger charge is 2.25. The lowest BCUT2D eigenvalue weighted by Crippen LogP contribution is -1.98. The molecule has 1 aromatic carbocycles. The van der Waals surface area contributed by atoms with Crippen molar-refractivity contribution in [2.24, 2.45) is 5.92 Å². The Balaban J connectivity index is 1.91. The molecule has 82 valence electrons. The van der Waals surface area contributed by atoms with Crippen molar-refractivity contribution in [1.29, 1.82) is 0 Å². The third kappa shape index (κ3) is 1.91. The van der Waals surface area contributed by atoms with Crippen LogP contribution < -0.4 is 0 Å². The number of benzene rings is 1. The van der Waals surface area contributed by atoms with Gasteiger partial charge in [0.2, 0.25) is 0 Å². The number of aliphatic hydroxyl groups excluding tert-OH is 1. The molecule has 1 aliphatic carbocycles. The number of nitrogens with zero attached hydrogens (tertiary/aromatic N) is 2. The second-order valence-electron chi connectivity index (χ2n) is 4.50. The number of rotatable bonds is 3. The van der Waals surface area contributed by atoms with Gasteiger partial charge in [0, 0.05) is 12.4 Å². The summed E-state index contributed by atoms with van der Waals surface area (Å²) in [6.45, 7) is 0. The second kappa shape index (κ2) is 3.83. The summed E-state index contributed by atoms with van der Waals surface area (Å²) in [5.74, 6) is 0.729. The van der Waals surface area contributed by atoms with E-state index in [1.54, 1.807) is 12.4 Å². The molecule has 0 amide bonds. The van der Waals surface area contributed by atoms with Crippen molar-refractivity contribution in [3.63, 3.8) is 0 Å². The first-order valence-corrected chi connectivity index (χ1v) is 5.71. The minimum absolute atomic E-state index is 0.348. The maximum atomic E-state index is 10.0. The van der Waals surface area contributed by atoms with Gasteiger partial charge < -0.3 is 5.11 Å². The van der Waals surface area contributed by atoms with Gasteiger partial charge in [-0.05, 0) is 30.0 Å². The van der Waals surface area contributed by atoms with Crippen LogP contribution in [0.3, 0.4) is 0 Å². The number of hydrogen-bond donors (Lipinski definition) is 1. The standard InChI is InChI=1S/C13H14N2O/c16-13(7-9-1-2-9)10-3-4-11-12(8-10)15-6-5-14-11/h3-6,8-9,13,16H,1-2,7H2. The van der Waals surface area contributed by atoms with E-state index < -0.39 is 0 Å². The molecule has 1 N–H and O–H groups in total. The van der Waals surface area contributed by atoms with Gasteiger partial charge in [0.25, 0.3) is 0 Å². The molecule has 1 fully saturated rings. The maximum Gasteiger partial charge on any atom is 0.0890 e. The highest BCUT2D eigenvalue weighted by molar-refractivity contribution is 5.74. The van der Waals surface area contributed by atoms with Crippen LogP contribution in [0, 0.1) is 5.92 Å². The van der Waals surface area contributed by atoms with E-state index in [0.717, 1.165) is 28.9 Å². The largest absolute Gasteiger partial charge is 0.388 e. The summed E-state index contributed by atoms with van der Waals surface area (Å²) in [7, 11) is 0. The molecule has 0 spiro atoms. The summed E-state index contributed by atoms with van der Waals surface area (Å²) in [4.78, 5) is 8.46. The van der Waals surface area contributed by atoms with E-state index in [1.807, 2.05) is 18.2 Å². The van der Waals surface area contributed by atoms with Gasteiger partial charge in [0.15, 0.2) is 0 Å². The molecule has 1 aromatic heterocycles. The van der Waals surface area contributed by atoms with Gasteiger partial charge in [0.05, 0.1) is 17.1 Å². The molecular formula is C13H14N2O. The summed E-state index contributed by atoms with van der Waals surface area (Å²) in [5, 5.41) is 10.0. The number of aromatic nitrogens is 2. The van der Waals surface area contributed by atoms with Crippen molar-refractivity contribution in [3.8, 4) is 0 Å². The van der Waals surface area contributed by atoms with Crippen molar-refractivity contribution in [3.05, 3.63) is 36.2 Å². The molecule has 3 heteroatoms. The molecule has 0 saturated heterocycles. The van der Waals surface area contributed by atoms with Crippen molar-refractivity contribution in [1.82, 2.24) is 9.97 Å². The zero-order chi connectivity index (χ0) is 11.0. The Morgan fingerprint density at radius 3 is 2.69 bits per heavy atom. The van der Waals surface area contributed by atoms with Gasteiger partial charge in [-0.1, -0.05) is 18.9 Å². The number of hydrogen-bond acceptors (Lipinski definition) is 3. The van der Waals surface area contributed by atoms with E-state index in [2.05, 4.69) is 9.97 Å². The molecule has 1 aliphatic rings. The van der Waals surface area contributed by atoms with E-state index in [1.165, 1.54) is 12.8 Å². The van der Waals surface area contributed by atoms with E-state index in [-0.39, 0.29) is 6.10 Å². The number of aliphatic hydroxyl groups is 1. The Morgan fingerprint density at radius 2 is 1.94 bits per heavy atom. The molecule has 1 atom stereocenters. The number of fused-ring (bicyclic) bond motifs is 1.